The van der Waals surface area contributed by atoms with Gasteiger partial charge in [0, 0.05) is 44.4 Å². The summed E-state index contributed by atoms with van der Waals surface area (Å²) >= 11 is 0. The van der Waals surface area contributed by atoms with Gasteiger partial charge in [-0.1, -0.05) is 18.2 Å². The van der Waals surface area contributed by atoms with Crippen molar-refractivity contribution >= 4 is 11.8 Å². The number of aryl methyl sites for hydroxylation is 1. The molecule has 0 spiro atoms. The molecule has 0 bridgehead atoms. The molecule has 0 radical (unpaired) electrons. The molecule has 1 saturated heterocycles. The standard InChI is InChI=1S/C22H28N4O4/c1-15-18(22(28)24-12-17-6-4-5-7-19(17)30-3)13-23-21(25-15)16-8-10-26(11-9-16)20(27)14-29-2/h4-7,13,16H,8-12,14H2,1-3H3,(H,24,28). The molecule has 30 heavy (non-hydrogen) atoms. The number of carbonyl (C=O) groups is 2. The van der Waals surface area contributed by atoms with Crippen molar-refractivity contribution in [2.24, 2.45) is 0 Å². The van der Waals surface area contributed by atoms with Crippen LogP contribution in [0.2, 0.25) is 0 Å². The molecule has 3 rings (SSSR count). The molecule has 2 amide bonds. The van der Waals surface area contributed by atoms with Crippen molar-refractivity contribution in [2.45, 2.75) is 32.2 Å². The zero-order chi connectivity index (χ0) is 21.5. The molecule has 1 aromatic carbocycles. The van der Waals surface area contributed by atoms with Crippen LogP contribution in [0.25, 0.3) is 0 Å². The van der Waals surface area contributed by atoms with Crippen molar-refractivity contribution in [1.29, 1.82) is 0 Å². The predicted octanol–water partition coefficient (Wildman–Crippen LogP) is 2.08. The Balaban J connectivity index is 1.60. The quantitative estimate of drug-likeness (QED) is 0.748. The third-order valence-electron chi connectivity index (χ3n) is 5.36. The summed E-state index contributed by atoms with van der Waals surface area (Å²) in [7, 11) is 3.13. The molecular formula is C22H28N4O4. The summed E-state index contributed by atoms with van der Waals surface area (Å²) in [5.74, 6) is 1.44. The van der Waals surface area contributed by atoms with E-state index in [9.17, 15) is 9.59 Å². The van der Waals surface area contributed by atoms with E-state index < -0.39 is 0 Å². The number of aromatic nitrogens is 2. The zero-order valence-electron chi connectivity index (χ0n) is 17.7. The van der Waals surface area contributed by atoms with Gasteiger partial charge >= 0.3 is 0 Å². The Hall–Kier alpha value is -3.00. The van der Waals surface area contributed by atoms with Gasteiger partial charge in [-0.2, -0.15) is 0 Å². The molecular weight excluding hydrogens is 384 g/mol. The molecule has 2 heterocycles. The Morgan fingerprint density at radius 1 is 1.20 bits per heavy atom. The fourth-order valence-electron chi connectivity index (χ4n) is 3.63. The van der Waals surface area contributed by atoms with E-state index in [0.717, 1.165) is 30.0 Å². The lowest BCUT2D eigenvalue weighted by atomic mass is 9.95. The van der Waals surface area contributed by atoms with Crippen molar-refractivity contribution in [1.82, 2.24) is 20.2 Å². The lowest BCUT2D eigenvalue weighted by Crippen LogP contribution is -2.40. The summed E-state index contributed by atoms with van der Waals surface area (Å²) in [5, 5.41) is 2.91. The number of para-hydroxylation sites is 1. The molecule has 8 nitrogen and oxygen atoms in total. The Morgan fingerprint density at radius 3 is 2.60 bits per heavy atom. The number of benzene rings is 1. The van der Waals surface area contributed by atoms with Crippen molar-refractivity contribution < 1.29 is 19.1 Å². The van der Waals surface area contributed by atoms with Crippen molar-refractivity contribution in [3.63, 3.8) is 0 Å². The minimum absolute atomic E-state index is 0.00937. The highest BCUT2D eigenvalue weighted by Gasteiger charge is 2.26. The van der Waals surface area contributed by atoms with Gasteiger partial charge in [-0.3, -0.25) is 9.59 Å². The maximum absolute atomic E-state index is 12.6. The first-order chi connectivity index (χ1) is 14.5. The van der Waals surface area contributed by atoms with Crippen LogP contribution in [0.3, 0.4) is 0 Å². The van der Waals surface area contributed by atoms with Crippen molar-refractivity contribution in [3.8, 4) is 5.75 Å². The maximum Gasteiger partial charge on any atom is 0.254 e. The summed E-state index contributed by atoms with van der Waals surface area (Å²) in [5.41, 5.74) is 2.01. The molecule has 1 aliphatic heterocycles. The number of likely N-dealkylation sites (tertiary alicyclic amines) is 1. The number of hydrogen-bond acceptors (Lipinski definition) is 6. The average Bonchev–Trinajstić information content (AvgIpc) is 2.77. The van der Waals surface area contributed by atoms with E-state index in [1.165, 1.54) is 7.11 Å². The fourth-order valence-corrected chi connectivity index (χ4v) is 3.63. The van der Waals surface area contributed by atoms with E-state index in [0.29, 0.717) is 30.9 Å². The van der Waals surface area contributed by atoms with Gasteiger partial charge in [-0.25, -0.2) is 9.97 Å². The third-order valence-corrected chi connectivity index (χ3v) is 5.36. The van der Waals surface area contributed by atoms with E-state index in [2.05, 4.69) is 15.3 Å². The summed E-state index contributed by atoms with van der Waals surface area (Å²) in [6, 6.07) is 7.56. The van der Waals surface area contributed by atoms with Crippen LogP contribution in [0.15, 0.2) is 30.5 Å². The van der Waals surface area contributed by atoms with E-state index >= 15 is 0 Å². The van der Waals surface area contributed by atoms with Crippen LogP contribution in [-0.4, -0.2) is 60.6 Å². The summed E-state index contributed by atoms with van der Waals surface area (Å²) in [6.07, 6.45) is 3.19. The summed E-state index contributed by atoms with van der Waals surface area (Å²) in [4.78, 5) is 35.4. The Bertz CT molecular complexity index is 894. The summed E-state index contributed by atoms with van der Waals surface area (Å²) < 4.78 is 10.2. The number of rotatable bonds is 7. The molecule has 0 atom stereocenters. The van der Waals surface area contributed by atoms with E-state index in [1.807, 2.05) is 36.1 Å². The fraction of sp³-hybridized carbons (Fsp3) is 0.455. The topological polar surface area (TPSA) is 93.7 Å². The Kier molecular flexibility index (Phi) is 7.35. The highest BCUT2D eigenvalue weighted by Crippen LogP contribution is 2.26. The second kappa shape index (κ2) is 10.2. The van der Waals surface area contributed by atoms with Crippen LogP contribution in [0, 0.1) is 6.92 Å². The van der Waals surface area contributed by atoms with Crippen LogP contribution in [0.1, 0.15) is 46.2 Å². The largest absolute Gasteiger partial charge is 0.496 e. The van der Waals surface area contributed by atoms with Gasteiger partial charge in [0.05, 0.1) is 18.4 Å². The lowest BCUT2D eigenvalue weighted by molar-refractivity contribution is -0.136. The first-order valence-corrected chi connectivity index (χ1v) is 10.0. The molecule has 8 heteroatoms. The second-order valence-corrected chi connectivity index (χ2v) is 7.31. The molecule has 0 saturated carbocycles. The number of methoxy groups -OCH3 is 2. The number of nitrogens with zero attached hydrogens (tertiary/aromatic N) is 3. The Labute approximate surface area is 176 Å². The number of nitrogens with one attached hydrogen (secondary N) is 1. The highest BCUT2D eigenvalue weighted by atomic mass is 16.5. The summed E-state index contributed by atoms with van der Waals surface area (Å²) in [6.45, 7) is 3.62. The number of piperidine rings is 1. The van der Waals surface area contributed by atoms with Gasteiger partial charge in [0.15, 0.2) is 0 Å². The number of amides is 2. The lowest BCUT2D eigenvalue weighted by Gasteiger charge is -2.31. The van der Waals surface area contributed by atoms with Crippen molar-refractivity contribution in [2.75, 3.05) is 33.9 Å². The van der Waals surface area contributed by atoms with Gasteiger partial charge in [0.25, 0.3) is 5.91 Å². The first-order valence-electron chi connectivity index (χ1n) is 10.0. The highest BCUT2D eigenvalue weighted by molar-refractivity contribution is 5.94. The molecule has 0 unspecified atom stereocenters. The van der Waals surface area contributed by atoms with Crippen LogP contribution in [-0.2, 0) is 16.1 Å². The van der Waals surface area contributed by atoms with Crippen molar-refractivity contribution in [3.05, 3.63) is 53.1 Å². The monoisotopic (exact) mass is 412 g/mol. The van der Waals surface area contributed by atoms with E-state index in [4.69, 9.17) is 9.47 Å². The second-order valence-electron chi connectivity index (χ2n) is 7.31. The SMILES string of the molecule is COCC(=O)N1CCC(c2ncc(C(=O)NCc3ccccc3OC)c(C)n2)CC1. The van der Waals surface area contributed by atoms with Gasteiger partial charge in [0.1, 0.15) is 18.2 Å². The van der Waals surface area contributed by atoms with Crippen LogP contribution in [0.5, 0.6) is 5.75 Å². The molecule has 1 aromatic heterocycles. The molecule has 1 aliphatic rings. The average molecular weight is 412 g/mol. The van der Waals surface area contributed by atoms with Crippen LogP contribution < -0.4 is 10.1 Å². The van der Waals surface area contributed by atoms with Crippen LogP contribution in [0.4, 0.5) is 0 Å². The molecule has 1 N–H and O–H groups in total. The molecule has 160 valence electrons. The number of ether oxygens (including phenoxy) is 2. The molecule has 0 aliphatic carbocycles. The maximum atomic E-state index is 12.6. The minimum atomic E-state index is -0.218. The first kappa shape index (κ1) is 21.7. The predicted molar refractivity (Wildman–Crippen MR) is 111 cm³/mol. The van der Waals surface area contributed by atoms with Gasteiger partial charge in [0.2, 0.25) is 5.91 Å². The van der Waals surface area contributed by atoms with Gasteiger partial charge in [-0.15, -0.1) is 0 Å². The molecule has 2 aromatic rings. The van der Waals surface area contributed by atoms with E-state index in [1.54, 1.807) is 13.3 Å². The third kappa shape index (κ3) is 5.13. The minimum Gasteiger partial charge on any atom is -0.496 e. The molecule has 1 fully saturated rings. The smallest absolute Gasteiger partial charge is 0.254 e. The van der Waals surface area contributed by atoms with E-state index in [-0.39, 0.29) is 24.3 Å². The normalized spacial score (nSPS) is 14.4. The van der Waals surface area contributed by atoms with Crippen LogP contribution >= 0.6 is 0 Å². The number of carbonyl (C=O) groups excluding carboxylic acids is 2. The van der Waals surface area contributed by atoms with Gasteiger partial charge in [-0.05, 0) is 25.8 Å². The Morgan fingerprint density at radius 2 is 1.93 bits per heavy atom. The zero-order valence-corrected chi connectivity index (χ0v) is 17.7. The number of hydrogen-bond donors (Lipinski definition) is 1. The van der Waals surface area contributed by atoms with Gasteiger partial charge < -0.3 is 19.7 Å².